The van der Waals surface area contributed by atoms with Crippen LogP contribution in [-0.4, -0.2) is 78.9 Å². The highest BCUT2D eigenvalue weighted by Crippen LogP contribution is 2.11. The molecule has 1 N–H and O–H groups in total. The fourth-order valence-corrected chi connectivity index (χ4v) is 3.48. The number of nitrogens with zero attached hydrogens (tertiary/aromatic N) is 3. The lowest BCUT2D eigenvalue weighted by Crippen LogP contribution is -2.50. The van der Waals surface area contributed by atoms with Crippen LogP contribution in [0.4, 0.5) is 10.1 Å². The van der Waals surface area contributed by atoms with Gasteiger partial charge in [0.05, 0.1) is 6.54 Å². The van der Waals surface area contributed by atoms with Gasteiger partial charge in [-0.25, -0.2) is 4.39 Å². The van der Waals surface area contributed by atoms with Crippen molar-refractivity contribution in [2.24, 2.45) is 0 Å². The number of likely N-dealkylation sites (tertiary alicyclic amines) is 1. The van der Waals surface area contributed by atoms with E-state index >= 15 is 0 Å². The number of piperazine rings is 1. The molecule has 2 heterocycles. The smallest absolute Gasteiger partial charge is 0.236 e. The summed E-state index contributed by atoms with van der Waals surface area (Å²) in [6, 6.07) is 5.92. The number of carbonyl (C=O) groups excluding carboxylic acids is 2. The summed E-state index contributed by atoms with van der Waals surface area (Å²) in [6.07, 6.45) is 2.62. The Balaban J connectivity index is 1.33. The summed E-state index contributed by atoms with van der Waals surface area (Å²) in [6.45, 7) is 6.42. The number of hydrogen-bond acceptors (Lipinski definition) is 4. The van der Waals surface area contributed by atoms with Crippen LogP contribution in [0, 0.1) is 5.82 Å². The van der Waals surface area contributed by atoms with Crippen molar-refractivity contribution >= 4 is 17.5 Å². The fraction of sp³-hybridized carbons (Fsp3) is 0.579. The van der Waals surface area contributed by atoms with E-state index in [4.69, 9.17) is 0 Å². The first-order valence-electron chi connectivity index (χ1n) is 9.38. The van der Waals surface area contributed by atoms with Gasteiger partial charge in [-0.3, -0.25) is 14.5 Å². The Hall–Kier alpha value is -1.99. The highest BCUT2D eigenvalue weighted by molar-refractivity contribution is 5.90. The van der Waals surface area contributed by atoms with Crippen LogP contribution >= 0.6 is 0 Å². The summed E-state index contributed by atoms with van der Waals surface area (Å²) in [4.78, 5) is 30.6. The number of hydrogen-bond donors (Lipinski definition) is 1. The van der Waals surface area contributed by atoms with Crippen molar-refractivity contribution in [3.05, 3.63) is 30.1 Å². The summed E-state index contributed by atoms with van der Waals surface area (Å²) in [5, 5.41) is 2.72. The number of rotatable bonds is 6. The molecule has 7 heteroatoms. The van der Waals surface area contributed by atoms with Crippen molar-refractivity contribution in [3.63, 3.8) is 0 Å². The molecule has 1 aromatic rings. The van der Waals surface area contributed by atoms with Crippen LogP contribution in [-0.2, 0) is 9.59 Å². The summed E-state index contributed by atoms with van der Waals surface area (Å²) in [5.74, 6) is -0.227. The zero-order valence-electron chi connectivity index (χ0n) is 15.1. The minimum Gasteiger partial charge on any atom is -0.342 e. The molecule has 2 amide bonds. The number of amides is 2. The van der Waals surface area contributed by atoms with Crippen molar-refractivity contribution in [2.75, 3.05) is 57.7 Å². The minimum absolute atomic E-state index is 0.109. The van der Waals surface area contributed by atoms with Crippen molar-refractivity contribution in [1.29, 1.82) is 0 Å². The molecule has 6 nitrogen and oxygen atoms in total. The van der Waals surface area contributed by atoms with Gasteiger partial charge in [0.1, 0.15) is 5.82 Å². The third kappa shape index (κ3) is 5.51. The van der Waals surface area contributed by atoms with E-state index in [0.717, 1.165) is 52.1 Å². The lowest BCUT2D eigenvalue weighted by atomic mass is 10.2. The molecule has 3 rings (SSSR count). The van der Waals surface area contributed by atoms with E-state index in [1.165, 1.54) is 12.1 Å². The SMILES string of the molecule is O=C(CCN1CCN(CC(=O)N2CCCC2)CC1)Nc1cccc(F)c1. The molecule has 0 radical (unpaired) electrons. The van der Waals surface area contributed by atoms with Crippen LogP contribution in [0.1, 0.15) is 19.3 Å². The van der Waals surface area contributed by atoms with Crippen molar-refractivity contribution < 1.29 is 14.0 Å². The van der Waals surface area contributed by atoms with E-state index in [1.807, 2.05) is 4.90 Å². The van der Waals surface area contributed by atoms with Gasteiger partial charge in [0.15, 0.2) is 0 Å². The second kappa shape index (κ2) is 9.09. The fourth-order valence-electron chi connectivity index (χ4n) is 3.48. The van der Waals surface area contributed by atoms with Crippen molar-refractivity contribution in [1.82, 2.24) is 14.7 Å². The van der Waals surface area contributed by atoms with Crippen LogP contribution in [0.25, 0.3) is 0 Å². The molecule has 0 saturated carbocycles. The molecule has 0 bridgehead atoms. The second-order valence-corrected chi connectivity index (χ2v) is 7.01. The molecule has 0 aliphatic carbocycles. The Morgan fingerprint density at radius 1 is 1.00 bits per heavy atom. The number of nitrogens with one attached hydrogen (secondary N) is 1. The van der Waals surface area contributed by atoms with Gasteiger partial charge in [-0.15, -0.1) is 0 Å². The lowest BCUT2D eigenvalue weighted by molar-refractivity contribution is -0.131. The van der Waals surface area contributed by atoms with Gasteiger partial charge in [0, 0.05) is 57.9 Å². The molecule has 2 fully saturated rings. The molecule has 142 valence electrons. The topological polar surface area (TPSA) is 55.9 Å². The molecule has 1 aromatic carbocycles. The van der Waals surface area contributed by atoms with Gasteiger partial charge in [0.25, 0.3) is 0 Å². The molecule has 26 heavy (non-hydrogen) atoms. The Kier molecular flexibility index (Phi) is 6.57. The second-order valence-electron chi connectivity index (χ2n) is 7.01. The molecule has 0 spiro atoms. The summed E-state index contributed by atoms with van der Waals surface area (Å²) in [7, 11) is 0. The van der Waals surface area contributed by atoms with Gasteiger partial charge in [0.2, 0.25) is 11.8 Å². The highest BCUT2D eigenvalue weighted by atomic mass is 19.1. The first kappa shape index (κ1) is 18.8. The van der Waals surface area contributed by atoms with Crippen LogP contribution in [0.2, 0.25) is 0 Å². The number of benzene rings is 1. The quantitative estimate of drug-likeness (QED) is 0.831. The Morgan fingerprint density at radius 2 is 1.69 bits per heavy atom. The molecule has 0 unspecified atom stereocenters. The van der Waals surface area contributed by atoms with E-state index in [9.17, 15) is 14.0 Å². The van der Waals surface area contributed by atoms with E-state index < -0.39 is 0 Å². The maximum absolute atomic E-state index is 13.1. The van der Waals surface area contributed by atoms with E-state index in [-0.39, 0.29) is 17.6 Å². The summed E-state index contributed by atoms with van der Waals surface area (Å²) < 4.78 is 13.1. The average Bonchev–Trinajstić information content (AvgIpc) is 3.16. The van der Waals surface area contributed by atoms with Crippen LogP contribution in [0.15, 0.2) is 24.3 Å². The predicted molar refractivity (Wildman–Crippen MR) is 98.3 cm³/mol. The predicted octanol–water partition coefficient (Wildman–Crippen LogP) is 1.39. The molecule has 2 aliphatic heterocycles. The third-order valence-electron chi connectivity index (χ3n) is 5.05. The van der Waals surface area contributed by atoms with Gasteiger partial charge < -0.3 is 15.1 Å². The average molecular weight is 362 g/mol. The summed E-state index contributed by atoms with van der Waals surface area (Å²) >= 11 is 0. The van der Waals surface area contributed by atoms with E-state index in [0.29, 0.717) is 25.2 Å². The maximum Gasteiger partial charge on any atom is 0.236 e. The molecular weight excluding hydrogens is 335 g/mol. The first-order valence-corrected chi connectivity index (χ1v) is 9.38. The van der Waals surface area contributed by atoms with Gasteiger partial charge in [-0.2, -0.15) is 0 Å². The molecule has 0 aromatic heterocycles. The zero-order valence-corrected chi connectivity index (χ0v) is 15.1. The van der Waals surface area contributed by atoms with Gasteiger partial charge in [-0.05, 0) is 31.0 Å². The van der Waals surface area contributed by atoms with Crippen LogP contribution < -0.4 is 5.32 Å². The van der Waals surface area contributed by atoms with E-state index in [1.54, 1.807) is 12.1 Å². The van der Waals surface area contributed by atoms with Gasteiger partial charge >= 0.3 is 0 Å². The van der Waals surface area contributed by atoms with Crippen LogP contribution in [0.3, 0.4) is 0 Å². The van der Waals surface area contributed by atoms with Crippen molar-refractivity contribution in [3.8, 4) is 0 Å². The Morgan fingerprint density at radius 3 is 2.38 bits per heavy atom. The summed E-state index contributed by atoms with van der Waals surface area (Å²) in [5.41, 5.74) is 0.486. The zero-order chi connectivity index (χ0) is 18.4. The lowest BCUT2D eigenvalue weighted by Gasteiger charge is -2.34. The highest BCUT2D eigenvalue weighted by Gasteiger charge is 2.23. The third-order valence-corrected chi connectivity index (χ3v) is 5.05. The number of anilines is 1. The van der Waals surface area contributed by atoms with Crippen LogP contribution in [0.5, 0.6) is 0 Å². The standard InChI is InChI=1S/C19H27FN4O2/c20-16-4-3-5-17(14-16)21-18(25)6-9-22-10-12-23(13-11-22)15-19(26)24-7-1-2-8-24/h3-5,14H,1-2,6-13,15H2,(H,21,25). The maximum atomic E-state index is 13.1. The Labute approximate surface area is 153 Å². The van der Waals surface area contributed by atoms with E-state index in [2.05, 4.69) is 15.1 Å². The normalized spacial score (nSPS) is 18.9. The molecule has 2 saturated heterocycles. The molecule has 2 aliphatic rings. The number of carbonyl (C=O) groups is 2. The minimum atomic E-state index is -0.359. The first-order chi connectivity index (χ1) is 12.6. The molecular formula is C19H27FN4O2. The number of halogens is 1. The Bertz CT molecular complexity index is 626. The van der Waals surface area contributed by atoms with Gasteiger partial charge in [-0.1, -0.05) is 6.07 Å². The van der Waals surface area contributed by atoms with Crippen molar-refractivity contribution in [2.45, 2.75) is 19.3 Å². The largest absolute Gasteiger partial charge is 0.342 e. The monoisotopic (exact) mass is 362 g/mol. The molecule has 0 atom stereocenters.